The summed E-state index contributed by atoms with van der Waals surface area (Å²) >= 11 is 0. The number of sulfonamides is 1. The molecular formula is C20H33N3O3S. The van der Waals surface area contributed by atoms with Gasteiger partial charge in [0, 0.05) is 18.5 Å². The summed E-state index contributed by atoms with van der Waals surface area (Å²) in [4.78, 5) is 12.7. The van der Waals surface area contributed by atoms with Crippen LogP contribution < -0.4 is 15.8 Å². The fraction of sp³-hybridized carbons (Fsp3) is 0.650. The summed E-state index contributed by atoms with van der Waals surface area (Å²) in [6.45, 7) is 6.09. The van der Waals surface area contributed by atoms with Crippen molar-refractivity contribution in [2.75, 3.05) is 6.54 Å². The summed E-state index contributed by atoms with van der Waals surface area (Å²) in [5, 5.41) is 2.89. The lowest BCUT2D eigenvalue weighted by atomic mass is 9.71. The van der Waals surface area contributed by atoms with Crippen LogP contribution in [0.1, 0.15) is 64.9 Å². The highest BCUT2D eigenvalue weighted by atomic mass is 32.2. The fourth-order valence-corrected chi connectivity index (χ4v) is 5.38. The van der Waals surface area contributed by atoms with E-state index in [0.717, 1.165) is 25.7 Å². The third-order valence-electron chi connectivity index (χ3n) is 5.06. The lowest BCUT2D eigenvalue weighted by molar-refractivity contribution is -0.124. The van der Waals surface area contributed by atoms with Gasteiger partial charge >= 0.3 is 0 Å². The molecule has 1 amide bonds. The van der Waals surface area contributed by atoms with Crippen molar-refractivity contribution < 1.29 is 13.2 Å². The molecule has 0 aliphatic heterocycles. The second-order valence-corrected chi connectivity index (χ2v) is 10.3. The normalized spacial score (nSPS) is 17.5. The summed E-state index contributed by atoms with van der Waals surface area (Å²) in [6, 6.07) is 6.77. The van der Waals surface area contributed by atoms with Gasteiger partial charge in [-0.1, -0.05) is 37.5 Å². The van der Waals surface area contributed by atoms with Gasteiger partial charge in [-0.15, -0.1) is 0 Å². The Balaban J connectivity index is 2.07. The molecule has 0 aromatic heterocycles. The zero-order chi connectivity index (χ0) is 20.1. The van der Waals surface area contributed by atoms with E-state index < -0.39 is 15.6 Å². The van der Waals surface area contributed by atoms with E-state index in [2.05, 4.69) is 10.0 Å². The molecule has 1 aliphatic carbocycles. The van der Waals surface area contributed by atoms with Gasteiger partial charge in [0.15, 0.2) is 0 Å². The molecule has 0 radical (unpaired) electrons. The lowest BCUT2D eigenvalue weighted by Gasteiger charge is -2.35. The summed E-state index contributed by atoms with van der Waals surface area (Å²) in [5.74, 6) is -0.0710. The molecule has 0 spiro atoms. The summed E-state index contributed by atoms with van der Waals surface area (Å²) in [5.41, 5.74) is 5.85. The number of amides is 1. The van der Waals surface area contributed by atoms with Crippen LogP contribution in [0.2, 0.25) is 0 Å². The number of hydrogen-bond donors (Lipinski definition) is 3. The Bertz CT molecular complexity index is 748. The number of nitrogens with one attached hydrogen (secondary N) is 2. The molecule has 1 saturated carbocycles. The minimum Gasteiger partial charge on any atom is -0.352 e. The average Bonchev–Trinajstić information content (AvgIpc) is 2.59. The van der Waals surface area contributed by atoms with Crippen molar-refractivity contribution in [3.63, 3.8) is 0 Å². The van der Waals surface area contributed by atoms with Crippen LogP contribution in [0.25, 0.3) is 0 Å². The molecule has 2 rings (SSSR count). The first-order valence-corrected chi connectivity index (χ1v) is 11.1. The van der Waals surface area contributed by atoms with Gasteiger partial charge < -0.3 is 11.1 Å². The zero-order valence-electron chi connectivity index (χ0n) is 16.7. The minimum atomic E-state index is -3.66. The minimum absolute atomic E-state index is 0.0710. The van der Waals surface area contributed by atoms with Gasteiger partial charge in [-0.05, 0) is 57.2 Å². The molecule has 1 aromatic carbocycles. The second-order valence-electron chi connectivity index (χ2n) is 8.68. The first-order chi connectivity index (χ1) is 12.6. The maximum absolute atomic E-state index is 12.7. The molecular weight excluding hydrogens is 362 g/mol. The SMILES string of the molecule is CC(C)(C)NS(=O)(=O)c1ccccc1CNC(=O)CC1(CN)CCCCC1. The molecule has 0 bridgehead atoms. The van der Waals surface area contributed by atoms with Gasteiger partial charge in [0.2, 0.25) is 15.9 Å². The first-order valence-electron chi connectivity index (χ1n) is 9.66. The Morgan fingerprint density at radius 3 is 2.37 bits per heavy atom. The number of rotatable bonds is 7. The van der Waals surface area contributed by atoms with E-state index in [1.165, 1.54) is 6.42 Å². The molecule has 4 N–H and O–H groups in total. The summed E-state index contributed by atoms with van der Waals surface area (Å²) in [7, 11) is -3.66. The van der Waals surface area contributed by atoms with Crippen molar-refractivity contribution in [3.05, 3.63) is 29.8 Å². The largest absolute Gasteiger partial charge is 0.352 e. The number of nitrogens with two attached hydrogens (primary N) is 1. The van der Waals surface area contributed by atoms with E-state index in [0.29, 0.717) is 18.5 Å². The highest BCUT2D eigenvalue weighted by Gasteiger charge is 2.33. The molecule has 0 saturated heterocycles. The van der Waals surface area contributed by atoms with Crippen molar-refractivity contribution in [1.29, 1.82) is 0 Å². The Hall–Kier alpha value is -1.44. The number of benzene rings is 1. The Morgan fingerprint density at radius 1 is 1.15 bits per heavy atom. The van der Waals surface area contributed by atoms with E-state index in [4.69, 9.17) is 5.73 Å². The summed E-state index contributed by atoms with van der Waals surface area (Å²) < 4.78 is 28.0. The molecule has 27 heavy (non-hydrogen) atoms. The van der Waals surface area contributed by atoms with Crippen molar-refractivity contribution >= 4 is 15.9 Å². The van der Waals surface area contributed by atoms with Gasteiger partial charge in [0.25, 0.3) is 0 Å². The molecule has 6 nitrogen and oxygen atoms in total. The molecule has 1 aliphatic rings. The van der Waals surface area contributed by atoms with Gasteiger partial charge in [-0.25, -0.2) is 13.1 Å². The van der Waals surface area contributed by atoms with Gasteiger partial charge in [0.1, 0.15) is 0 Å². The average molecular weight is 396 g/mol. The second kappa shape index (κ2) is 8.71. The highest BCUT2D eigenvalue weighted by molar-refractivity contribution is 7.89. The van der Waals surface area contributed by atoms with E-state index in [-0.39, 0.29) is 22.8 Å². The highest BCUT2D eigenvalue weighted by Crippen LogP contribution is 2.38. The Kier molecular flexibility index (Phi) is 7.05. The Labute approximate surface area is 163 Å². The van der Waals surface area contributed by atoms with Crippen LogP contribution in [0.15, 0.2) is 29.2 Å². The van der Waals surface area contributed by atoms with Crippen LogP contribution in [0.4, 0.5) is 0 Å². The van der Waals surface area contributed by atoms with Crippen molar-refractivity contribution in [2.24, 2.45) is 11.1 Å². The van der Waals surface area contributed by atoms with Crippen molar-refractivity contribution in [1.82, 2.24) is 10.0 Å². The molecule has 152 valence electrons. The lowest BCUT2D eigenvalue weighted by Crippen LogP contribution is -2.41. The quantitative estimate of drug-likeness (QED) is 0.660. The molecule has 7 heteroatoms. The number of hydrogen-bond acceptors (Lipinski definition) is 4. The molecule has 1 fully saturated rings. The topological polar surface area (TPSA) is 101 Å². The molecule has 0 atom stereocenters. The molecule has 0 unspecified atom stereocenters. The predicted molar refractivity (Wildman–Crippen MR) is 108 cm³/mol. The third kappa shape index (κ3) is 6.30. The molecule has 0 heterocycles. The van der Waals surface area contributed by atoms with Crippen LogP contribution in [-0.2, 0) is 21.4 Å². The van der Waals surface area contributed by atoms with E-state index in [1.54, 1.807) is 45.0 Å². The smallest absolute Gasteiger partial charge is 0.241 e. The number of carbonyl (C=O) groups excluding carboxylic acids is 1. The van der Waals surface area contributed by atoms with Gasteiger partial charge in [-0.3, -0.25) is 4.79 Å². The van der Waals surface area contributed by atoms with Crippen LogP contribution in [0.5, 0.6) is 0 Å². The van der Waals surface area contributed by atoms with E-state index in [9.17, 15) is 13.2 Å². The van der Waals surface area contributed by atoms with Crippen LogP contribution >= 0.6 is 0 Å². The summed E-state index contributed by atoms with van der Waals surface area (Å²) in [6.07, 6.45) is 5.80. The van der Waals surface area contributed by atoms with E-state index >= 15 is 0 Å². The maximum Gasteiger partial charge on any atom is 0.241 e. The van der Waals surface area contributed by atoms with Crippen LogP contribution in [0, 0.1) is 5.41 Å². The van der Waals surface area contributed by atoms with Crippen molar-refractivity contribution in [2.45, 2.75) is 76.3 Å². The monoisotopic (exact) mass is 395 g/mol. The third-order valence-corrected chi connectivity index (χ3v) is 6.92. The first kappa shape index (κ1) is 21.9. The maximum atomic E-state index is 12.7. The number of carbonyl (C=O) groups is 1. The molecule has 1 aromatic rings. The van der Waals surface area contributed by atoms with E-state index in [1.807, 2.05) is 0 Å². The Morgan fingerprint density at radius 2 is 1.78 bits per heavy atom. The van der Waals surface area contributed by atoms with Crippen molar-refractivity contribution in [3.8, 4) is 0 Å². The standard InChI is InChI=1S/C20H33N3O3S/c1-19(2,3)23-27(25,26)17-10-6-5-9-16(17)14-22-18(24)13-20(15-21)11-7-4-8-12-20/h5-6,9-10,23H,4,7-8,11-15,21H2,1-3H3,(H,22,24). The van der Waals surface area contributed by atoms with Crippen LogP contribution in [-0.4, -0.2) is 26.4 Å². The van der Waals surface area contributed by atoms with Gasteiger partial charge in [0.05, 0.1) is 4.90 Å². The van der Waals surface area contributed by atoms with Crippen LogP contribution in [0.3, 0.4) is 0 Å². The van der Waals surface area contributed by atoms with Gasteiger partial charge in [-0.2, -0.15) is 0 Å². The zero-order valence-corrected chi connectivity index (χ0v) is 17.5. The predicted octanol–water partition coefficient (Wildman–Crippen LogP) is 2.68. The fourth-order valence-electron chi connectivity index (χ4n) is 3.72.